The van der Waals surface area contributed by atoms with E-state index in [0.717, 1.165) is 24.2 Å². The van der Waals surface area contributed by atoms with Crippen molar-refractivity contribution < 1.29 is 9.53 Å². The fourth-order valence-electron chi connectivity index (χ4n) is 2.02. The average molecular weight is 233 g/mol. The van der Waals surface area contributed by atoms with Crippen LogP contribution in [0.15, 0.2) is 24.3 Å². The molecule has 1 aliphatic rings. The van der Waals surface area contributed by atoms with Gasteiger partial charge in [-0.2, -0.15) is 0 Å². The molecule has 17 heavy (non-hydrogen) atoms. The van der Waals surface area contributed by atoms with E-state index in [1.165, 1.54) is 0 Å². The zero-order valence-corrected chi connectivity index (χ0v) is 10.3. The molecule has 0 aromatic heterocycles. The number of carbonyl (C=O) groups is 1. The van der Waals surface area contributed by atoms with Crippen molar-refractivity contribution in [1.82, 2.24) is 4.90 Å². The van der Waals surface area contributed by atoms with Gasteiger partial charge in [-0.3, -0.25) is 4.79 Å². The number of fused-ring (bicyclic) bond motifs is 1. The summed E-state index contributed by atoms with van der Waals surface area (Å²) in [5.41, 5.74) is 1.11. The summed E-state index contributed by atoms with van der Waals surface area (Å²) >= 11 is 0. The lowest BCUT2D eigenvalue weighted by Crippen LogP contribution is -2.32. The summed E-state index contributed by atoms with van der Waals surface area (Å²) < 4.78 is 5.64. The SMILES string of the molecule is CCCCC(=O)N1CCOc2ccccc2C1. The Morgan fingerprint density at radius 3 is 3.06 bits per heavy atom. The second-order valence-electron chi connectivity index (χ2n) is 4.38. The molecule has 0 radical (unpaired) electrons. The molecule has 0 saturated carbocycles. The molecule has 1 amide bonds. The molecule has 0 unspecified atom stereocenters. The van der Waals surface area contributed by atoms with Crippen LogP contribution in [-0.4, -0.2) is 24.0 Å². The van der Waals surface area contributed by atoms with Crippen molar-refractivity contribution in [3.05, 3.63) is 29.8 Å². The first-order valence-corrected chi connectivity index (χ1v) is 6.29. The summed E-state index contributed by atoms with van der Waals surface area (Å²) in [6, 6.07) is 7.95. The number of hydrogen-bond acceptors (Lipinski definition) is 2. The number of rotatable bonds is 3. The topological polar surface area (TPSA) is 29.5 Å². The highest BCUT2D eigenvalue weighted by Gasteiger charge is 2.18. The lowest BCUT2D eigenvalue weighted by molar-refractivity contribution is -0.132. The Labute approximate surface area is 102 Å². The van der Waals surface area contributed by atoms with E-state index >= 15 is 0 Å². The van der Waals surface area contributed by atoms with E-state index in [2.05, 4.69) is 6.92 Å². The van der Waals surface area contributed by atoms with E-state index in [0.29, 0.717) is 26.1 Å². The monoisotopic (exact) mass is 233 g/mol. The average Bonchev–Trinajstić information content (AvgIpc) is 2.58. The van der Waals surface area contributed by atoms with Crippen molar-refractivity contribution in [2.75, 3.05) is 13.2 Å². The van der Waals surface area contributed by atoms with Crippen molar-refractivity contribution in [1.29, 1.82) is 0 Å². The minimum atomic E-state index is 0.243. The lowest BCUT2D eigenvalue weighted by Gasteiger charge is -2.19. The van der Waals surface area contributed by atoms with Crippen LogP contribution in [0.5, 0.6) is 5.75 Å². The summed E-state index contributed by atoms with van der Waals surface area (Å²) in [5.74, 6) is 1.16. The number of ether oxygens (including phenoxy) is 1. The van der Waals surface area contributed by atoms with E-state index in [1.807, 2.05) is 29.2 Å². The lowest BCUT2D eigenvalue weighted by atomic mass is 10.1. The third-order valence-corrected chi connectivity index (χ3v) is 3.05. The molecule has 0 saturated heterocycles. The van der Waals surface area contributed by atoms with Crippen LogP contribution in [0.4, 0.5) is 0 Å². The minimum absolute atomic E-state index is 0.243. The molecule has 1 aliphatic heterocycles. The molecule has 3 heteroatoms. The highest BCUT2D eigenvalue weighted by Crippen LogP contribution is 2.22. The van der Waals surface area contributed by atoms with E-state index < -0.39 is 0 Å². The van der Waals surface area contributed by atoms with Crippen molar-refractivity contribution in [3.8, 4) is 5.75 Å². The molecule has 0 aliphatic carbocycles. The molecular formula is C14H19NO2. The third-order valence-electron chi connectivity index (χ3n) is 3.05. The standard InChI is InChI=1S/C14H19NO2/c1-2-3-8-14(16)15-9-10-17-13-7-5-4-6-12(13)11-15/h4-7H,2-3,8-11H2,1H3. The number of unbranched alkanes of at least 4 members (excludes halogenated alkanes) is 1. The number of hydrogen-bond donors (Lipinski definition) is 0. The Balaban J connectivity index is 2.05. The van der Waals surface area contributed by atoms with Crippen LogP contribution in [0.3, 0.4) is 0 Å². The van der Waals surface area contributed by atoms with Crippen LogP contribution in [0.1, 0.15) is 31.7 Å². The van der Waals surface area contributed by atoms with Crippen molar-refractivity contribution in [2.24, 2.45) is 0 Å². The van der Waals surface area contributed by atoms with Crippen LogP contribution in [0, 0.1) is 0 Å². The van der Waals surface area contributed by atoms with E-state index in [1.54, 1.807) is 0 Å². The Bertz CT molecular complexity index is 390. The molecule has 2 rings (SSSR count). The minimum Gasteiger partial charge on any atom is -0.491 e. The maximum atomic E-state index is 12.0. The maximum Gasteiger partial charge on any atom is 0.222 e. The summed E-state index contributed by atoms with van der Waals surface area (Å²) in [4.78, 5) is 13.9. The van der Waals surface area contributed by atoms with Crippen LogP contribution >= 0.6 is 0 Å². The summed E-state index contributed by atoms with van der Waals surface area (Å²) in [6.07, 6.45) is 2.68. The summed E-state index contributed by atoms with van der Waals surface area (Å²) in [6.45, 7) is 4.07. The third kappa shape index (κ3) is 2.99. The van der Waals surface area contributed by atoms with Crippen LogP contribution in [0.25, 0.3) is 0 Å². The zero-order valence-electron chi connectivity index (χ0n) is 10.3. The predicted octanol–water partition coefficient (Wildman–Crippen LogP) is 2.60. The zero-order chi connectivity index (χ0) is 12.1. The molecule has 1 heterocycles. The van der Waals surface area contributed by atoms with Crippen molar-refractivity contribution >= 4 is 5.91 Å². The van der Waals surface area contributed by atoms with Gasteiger partial charge >= 0.3 is 0 Å². The highest BCUT2D eigenvalue weighted by atomic mass is 16.5. The second-order valence-corrected chi connectivity index (χ2v) is 4.38. The molecule has 0 atom stereocenters. The molecule has 1 aromatic carbocycles. The quantitative estimate of drug-likeness (QED) is 0.803. The van der Waals surface area contributed by atoms with Crippen LogP contribution in [0.2, 0.25) is 0 Å². The second kappa shape index (κ2) is 5.71. The number of amides is 1. The molecular weight excluding hydrogens is 214 g/mol. The van der Waals surface area contributed by atoms with E-state index in [-0.39, 0.29) is 5.91 Å². The van der Waals surface area contributed by atoms with Gasteiger partial charge in [-0.05, 0) is 12.5 Å². The highest BCUT2D eigenvalue weighted by molar-refractivity contribution is 5.76. The van der Waals surface area contributed by atoms with Gasteiger partial charge in [0.2, 0.25) is 5.91 Å². The molecule has 0 N–H and O–H groups in total. The van der Waals surface area contributed by atoms with Crippen molar-refractivity contribution in [2.45, 2.75) is 32.7 Å². The van der Waals surface area contributed by atoms with E-state index in [9.17, 15) is 4.79 Å². The van der Waals surface area contributed by atoms with Gasteiger partial charge in [0.15, 0.2) is 0 Å². The fourth-order valence-corrected chi connectivity index (χ4v) is 2.02. The normalized spacial score (nSPS) is 14.8. The van der Waals surface area contributed by atoms with Gasteiger partial charge in [0.05, 0.1) is 6.54 Å². The van der Waals surface area contributed by atoms with E-state index in [4.69, 9.17) is 4.74 Å². The Hall–Kier alpha value is -1.51. The van der Waals surface area contributed by atoms with Gasteiger partial charge < -0.3 is 9.64 Å². The van der Waals surface area contributed by atoms with Gasteiger partial charge in [-0.15, -0.1) is 0 Å². The molecule has 92 valence electrons. The molecule has 0 fully saturated rings. The fraction of sp³-hybridized carbons (Fsp3) is 0.500. The van der Waals surface area contributed by atoms with Gasteiger partial charge in [0, 0.05) is 18.5 Å². The summed E-state index contributed by atoms with van der Waals surface area (Å²) in [7, 11) is 0. The molecule has 0 bridgehead atoms. The Kier molecular flexibility index (Phi) is 4.02. The van der Waals surface area contributed by atoms with Gasteiger partial charge in [-0.1, -0.05) is 31.5 Å². The largest absolute Gasteiger partial charge is 0.491 e. The van der Waals surface area contributed by atoms with Crippen molar-refractivity contribution in [3.63, 3.8) is 0 Å². The smallest absolute Gasteiger partial charge is 0.222 e. The molecule has 3 nitrogen and oxygen atoms in total. The number of nitrogens with zero attached hydrogens (tertiary/aromatic N) is 1. The van der Waals surface area contributed by atoms with Gasteiger partial charge in [0.25, 0.3) is 0 Å². The van der Waals surface area contributed by atoms with Crippen LogP contribution < -0.4 is 4.74 Å². The van der Waals surface area contributed by atoms with Crippen LogP contribution in [-0.2, 0) is 11.3 Å². The Morgan fingerprint density at radius 1 is 1.41 bits per heavy atom. The summed E-state index contributed by atoms with van der Waals surface area (Å²) in [5, 5.41) is 0. The van der Waals surface area contributed by atoms with Gasteiger partial charge in [-0.25, -0.2) is 0 Å². The number of para-hydroxylation sites is 1. The molecule has 0 spiro atoms. The first-order chi connectivity index (χ1) is 8.31. The first kappa shape index (κ1) is 12.0. The number of carbonyl (C=O) groups excluding carboxylic acids is 1. The Morgan fingerprint density at radius 2 is 2.24 bits per heavy atom. The number of benzene rings is 1. The van der Waals surface area contributed by atoms with Gasteiger partial charge in [0.1, 0.15) is 12.4 Å². The maximum absolute atomic E-state index is 12.0. The predicted molar refractivity (Wildman–Crippen MR) is 66.9 cm³/mol. The first-order valence-electron chi connectivity index (χ1n) is 6.29. The molecule has 1 aromatic rings.